The van der Waals surface area contributed by atoms with Crippen molar-refractivity contribution in [2.75, 3.05) is 26.2 Å². The van der Waals surface area contributed by atoms with Crippen LogP contribution in [-0.2, 0) is 4.79 Å². The van der Waals surface area contributed by atoms with E-state index in [9.17, 15) is 4.79 Å². The van der Waals surface area contributed by atoms with E-state index in [1.807, 2.05) is 0 Å². The number of rotatable bonds is 7. The van der Waals surface area contributed by atoms with Gasteiger partial charge in [0.15, 0.2) is 0 Å². The Morgan fingerprint density at radius 2 is 2.04 bits per heavy atom. The zero-order valence-corrected chi connectivity index (χ0v) is 17.1. The predicted octanol–water partition coefficient (Wildman–Crippen LogP) is 5.03. The monoisotopic (exact) mass is 362 g/mol. The van der Waals surface area contributed by atoms with Crippen molar-refractivity contribution < 1.29 is 6.22 Å². The molecule has 3 heteroatoms. The molecule has 1 fully saturated rings. The molecule has 2 N–H and O–H groups in total. The Balaban J connectivity index is 0.000000542. The van der Waals surface area contributed by atoms with Crippen molar-refractivity contribution in [3.05, 3.63) is 23.3 Å². The van der Waals surface area contributed by atoms with Crippen LogP contribution < -0.4 is 10.6 Å². The van der Waals surface area contributed by atoms with Crippen LogP contribution in [0.2, 0.25) is 0 Å². The number of nitrogens with one attached hydrogen (secondary N) is 2. The molecule has 0 bridgehead atoms. The number of carbonyl (C=O) groups excluding carboxylic acids is 1. The number of allylic oxidation sites excluding steroid dienone is 4. The molecule has 1 aliphatic heterocycles. The molecular weight excluding hydrogens is 320 g/mol. The standard InChI is InChI=1S/C19H29NO.C4H11N.H2/c21-13-5-1-2-6-16-14-19(9-11-20-12-10-19)15-17-7-3-4-8-18(16)17;1-3-5-4-2;/h4,8,13,16,20H,1-3,5-7,9-12,14-15H2;5H,3-4H2,1-2H3;1H. The van der Waals surface area contributed by atoms with Gasteiger partial charge in [0, 0.05) is 7.85 Å². The third-order valence-corrected chi connectivity index (χ3v) is 6.31. The van der Waals surface area contributed by atoms with Gasteiger partial charge in [-0.15, -0.1) is 0 Å². The highest BCUT2D eigenvalue weighted by Crippen LogP contribution is 2.51. The molecule has 1 unspecified atom stereocenters. The lowest BCUT2D eigenvalue weighted by molar-refractivity contribution is -0.107. The Morgan fingerprint density at radius 3 is 2.69 bits per heavy atom. The molecule has 1 atom stereocenters. The maximum atomic E-state index is 10.5. The molecule has 2 aliphatic carbocycles. The average Bonchev–Trinajstić information content (AvgIpc) is 2.67. The Labute approximate surface area is 162 Å². The third-order valence-electron chi connectivity index (χ3n) is 6.31. The first-order valence-corrected chi connectivity index (χ1v) is 11.0. The molecule has 0 saturated carbocycles. The first-order chi connectivity index (χ1) is 12.7. The second-order valence-electron chi connectivity index (χ2n) is 8.24. The molecule has 1 saturated heterocycles. The Hall–Kier alpha value is -0.930. The van der Waals surface area contributed by atoms with E-state index in [2.05, 4.69) is 36.6 Å². The van der Waals surface area contributed by atoms with Gasteiger partial charge in [0.1, 0.15) is 6.29 Å². The van der Waals surface area contributed by atoms with E-state index in [-0.39, 0.29) is 1.43 Å². The van der Waals surface area contributed by atoms with E-state index in [0.717, 1.165) is 38.1 Å². The minimum Gasteiger partial charge on any atom is -0.317 e. The van der Waals surface area contributed by atoms with Crippen LogP contribution in [0.4, 0.5) is 0 Å². The van der Waals surface area contributed by atoms with Crippen LogP contribution in [0.5, 0.6) is 0 Å². The van der Waals surface area contributed by atoms with E-state index in [1.165, 1.54) is 64.5 Å². The lowest BCUT2D eigenvalue weighted by atomic mass is 9.61. The van der Waals surface area contributed by atoms with Crippen molar-refractivity contribution in [3.8, 4) is 0 Å². The van der Waals surface area contributed by atoms with Gasteiger partial charge < -0.3 is 15.4 Å². The van der Waals surface area contributed by atoms with Gasteiger partial charge in [0.2, 0.25) is 0 Å². The molecule has 1 heterocycles. The summed E-state index contributed by atoms with van der Waals surface area (Å²) in [7, 11) is 0. The van der Waals surface area contributed by atoms with Gasteiger partial charge in [-0.1, -0.05) is 38.0 Å². The molecule has 3 nitrogen and oxygen atoms in total. The molecule has 0 aromatic rings. The summed E-state index contributed by atoms with van der Waals surface area (Å²) in [5.41, 5.74) is 4.03. The topological polar surface area (TPSA) is 41.1 Å². The highest BCUT2D eigenvalue weighted by Gasteiger charge is 2.40. The first-order valence-electron chi connectivity index (χ1n) is 11.0. The summed E-state index contributed by atoms with van der Waals surface area (Å²) in [6.07, 6.45) is 18.2. The van der Waals surface area contributed by atoms with Crippen LogP contribution in [0.3, 0.4) is 0 Å². The van der Waals surface area contributed by atoms with Crippen molar-refractivity contribution in [2.45, 2.75) is 78.1 Å². The van der Waals surface area contributed by atoms with Crippen molar-refractivity contribution in [2.24, 2.45) is 11.3 Å². The van der Waals surface area contributed by atoms with Crippen LogP contribution in [0.1, 0.15) is 79.5 Å². The van der Waals surface area contributed by atoms with E-state index >= 15 is 0 Å². The third kappa shape index (κ3) is 6.35. The predicted molar refractivity (Wildman–Crippen MR) is 114 cm³/mol. The van der Waals surface area contributed by atoms with Crippen molar-refractivity contribution in [1.82, 2.24) is 10.6 Å². The lowest BCUT2D eigenvalue weighted by Crippen LogP contribution is -2.40. The SMILES string of the molecule is CCNCC.O=CCCCCC1CC2(CCNCC2)CC2=C1C=CCC2.[HH]. The summed E-state index contributed by atoms with van der Waals surface area (Å²) in [4.78, 5) is 10.5. The van der Waals surface area contributed by atoms with Gasteiger partial charge in [0.25, 0.3) is 0 Å². The highest BCUT2D eigenvalue weighted by molar-refractivity contribution is 5.48. The number of hydrogen-bond acceptors (Lipinski definition) is 3. The molecular formula is C23H42N2O. The smallest absolute Gasteiger partial charge is 0.119 e. The Bertz CT molecular complexity index is 479. The van der Waals surface area contributed by atoms with Gasteiger partial charge >= 0.3 is 0 Å². The number of unbranched alkanes of at least 4 members (excludes halogenated alkanes) is 2. The number of hydrogen-bond donors (Lipinski definition) is 2. The lowest BCUT2D eigenvalue weighted by Gasteiger charge is -2.46. The summed E-state index contributed by atoms with van der Waals surface area (Å²) in [6, 6.07) is 0. The quantitative estimate of drug-likeness (QED) is 0.493. The summed E-state index contributed by atoms with van der Waals surface area (Å²) < 4.78 is 0. The molecule has 3 aliphatic rings. The second kappa shape index (κ2) is 11.7. The van der Waals surface area contributed by atoms with Crippen molar-refractivity contribution in [1.29, 1.82) is 0 Å². The van der Waals surface area contributed by atoms with E-state index in [0.29, 0.717) is 5.41 Å². The van der Waals surface area contributed by atoms with Crippen LogP contribution in [0, 0.1) is 11.3 Å². The highest BCUT2D eigenvalue weighted by atomic mass is 16.1. The molecule has 0 radical (unpaired) electrons. The van der Waals surface area contributed by atoms with E-state index in [1.54, 1.807) is 11.1 Å². The van der Waals surface area contributed by atoms with Crippen LogP contribution >= 0.6 is 0 Å². The average molecular weight is 363 g/mol. The van der Waals surface area contributed by atoms with Gasteiger partial charge in [-0.25, -0.2) is 0 Å². The zero-order chi connectivity index (χ0) is 18.7. The van der Waals surface area contributed by atoms with Crippen LogP contribution in [0.25, 0.3) is 0 Å². The van der Waals surface area contributed by atoms with Gasteiger partial charge in [-0.2, -0.15) is 0 Å². The van der Waals surface area contributed by atoms with E-state index < -0.39 is 0 Å². The van der Waals surface area contributed by atoms with Crippen molar-refractivity contribution >= 4 is 6.29 Å². The second-order valence-corrected chi connectivity index (χ2v) is 8.24. The molecule has 26 heavy (non-hydrogen) atoms. The largest absolute Gasteiger partial charge is 0.317 e. The normalized spacial score (nSPS) is 24.0. The minimum atomic E-state index is 0. The fourth-order valence-corrected chi connectivity index (χ4v) is 4.97. The first kappa shape index (κ1) is 21.4. The van der Waals surface area contributed by atoms with Gasteiger partial charge in [-0.3, -0.25) is 0 Å². The number of carbonyl (C=O) groups is 1. The molecule has 150 valence electrons. The maximum Gasteiger partial charge on any atom is 0.119 e. The zero-order valence-electron chi connectivity index (χ0n) is 17.1. The number of piperidine rings is 1. The summed E-state index contributed by atoms with van der Waals surface area (Å²) in [5, 5.41) is 6.65. The molecule has 0 aromatic carbocycles. The Kier molecular flexibility index (Phi) is 9.63. The molecule has 0 amide bonds. The van der Waals surface area contributed by atoms with E-state index in [4.69, 9.17) is 0 Å². The van der Waals surface area contributed by atoms with Crippen LogP contribution in [-0.4, -0.2) is 32.5 Å². The molecule has 1 spiro atoms. The summed E-state index contributed by atoms with van der Waals surface area (Å²) >= 11 is 0. The maximum absolute atomic E-state index is 10.5. The van der Waals surface area contributed by atoms with Gasteiger partial charge in [0.05, 0.1) is 0 Å². The number of aldehydes is 1. The van der Waals surface area contributed by atoms with Gasteiger partial charge in [-0.05, 0) is 94.5 Å². The van der Waals surface area contributed by atoms with Crippen LogP contribution in [0.15, 0.2) is 23.3 Å². The minimum absolute atomic E-state index is 0. The summed E-state index contributed by atoms with van der Waals surface area (Å²) in [6.45, 7) is 8.80. The Morgan fingerprint density at radius 1 is 1.27 bits per heavy atom. The molecule has 3 rings (SSSR count). The fraction of sp³-hybridized carbons (Fsp3) is 0.783. The van der Waals surface area contributed by atoms with Crippen molar-refractivity contribution in [3.63, 3.8) is 0 Å². The fourth-order valence-electron chi connectivity index (χ4n) is 4.97. The summed E-state index contributed by atoms with van der Waals surface area (Å²) in [5.74, 6) is 0.759. The molecule has 0 aromatic heterocycles.